The highest BCUT2D eigenvalue weighted by atomic mass is 15.4. The van der Waals surface area contributed by atoms with Crippen LogP contribution in [0.4, 0.5) is 17.2 Å². The van der Waals surface area contributed by atoms with Gasteiger partial charge in [0.1, 0.15) is 5.69 Å². The molecule has 1 N–H and O–H groups in total. The first kappa shape index (κ1) is 14.8. The number of nitrogens with zero attached hydrogens (tertiary/aromatic N) is 2. The minimum absolute atomic E-state index is 0.223. The average molecular weight is 316 g/mol. The van der Waals surface area contributed by atoms with Gasteiger partial charge in [-0.2, -0.15) is 0 Å². The largest absolute Gasteiger partial charge is 0.344 e. The summed E-state index contributed by atoms with van der Waals surface area (Å²) >= 11 is 0. The van der Waals surface area contributed by atoms with Gasteiger partial charge in [-0.25, -0.2) is 9.47 Å². The van der Waals surface area contributed by atoms with Gasteiger partial charge in [-0.15, -0.1) is 0 Å². The van der Waals surface area contributed by atoms with E-state index in [0.717, 1.165) is 0 Å². The Bertz CT molecular complexity index is 901. The first-order valence-corrected chi connectivity index (χ1v) is 8.36. The van der Waals surface area contributed by atoms with Gasteiger partial charge in [-0.1, -0.05) is 36.4 Å². The molecule has 0 unspecified atom stereocenters. The molecule has 0 fully saturated rings. The summed E-state index contributed by atoms with van der Waals surface area (Å²) in [7, 11) is 2.14. The van der Waals surface area contributed by atoms with Crippen molar-refractivity contribution in [1.82, 2.24) is 0 Å². The predicted octanol–water partition coefficient (Wildman–Crippen LogP) is 4.40. The van der Waals surface area contributed by atoms with Gasteiger partial charge in [0.2, 0.25) is 0 Å². The van der Waals surface area contributed by atoms with Crippen LogP contribution in [0.25, 0.3) is 11.3 Å². The number of fused-ring (bicyclic) bond motifs is 1. The molecule has 3 heteroatoms. The Labute approximate surface area is 143 Å². The number of benzene rings is 2. The van der Waals surface area contributed by atoms with Crippen LogP contribution in [0.5, 0.6) is 0 Å². The van der Waals surface area contributed by atoms with E-state index < -0.39 is 0 Å². The van der Waals surface area contributed by atoms with Gasteiger partial charge in [0.25, 0.3) is 5.82 Å². The summed E-state index contributed by atoms with van der Waals surface area (Å²) in [5.41, 5.74) is 6.20. The average Bonchev–Trinajstić information content (AvgIpc) is 2.92. The van der Waals surface area contributed by atoms with Crippen LogP contribution >= 0.6 is 0 Å². The number of para-hydroxylation sites is 2. The Hall–Kier alpha value is -2.81. The normalized spacial score (nSPS) is 16.0. The summed E-state index contributed by atoms with van der Waals surface area (Å²) < 4.78 is 2.28. The molecule has 2 heterocycles. The van der Waals surface area contributed by atoms with E-state index >= 15 is 0 Å². The summed E-state index contributed by atoms with van der Waals surface area (Å²) in [4.78, 5) is 2.36. The third-order valence-electron chi connectivity index (χ3n) is 4.79. The van der Waals surface area contributed by atoms with E-state index in [2.05, 4.69) is 102 Å². The second-order valence-corrected chi connectivity index (χ2v) is 6.35. The molecule has 0 amide bonds. The molecule has 4 rings (SSSR count). The monoisotopic (exact) mass is 316 g/mol. The lowest BCUT2D eigenvalue weighted by Crippen LogP contribution is -2.42. The van der Waals surface area contributed by atoms with Gasteiger partial charge in [0.15, 0.2) is 11.9 Å². The van der Waals surface area contributed by atoms with E-state index in [1.54, 1.807) is 0 Å². The number of hydrogen-bond acceptors (Lipinski definition) is 2. The Morgan fingerprint density at radius 1 is 0.917 bits per heavy atom. The predicted molar refractivity (Wildman–Crippen MR) is 99.5 cm³/mol. The van der Waals surface area contributed by atoms with E-state index in [-0.39, 0.29) is 6.17 Å². The lowest BCUT2D eigenvalue weighted by Gasteiger charge is -2.19. The van der Waals surface area contributed by atoms with Crippen LogP contribution in [-0.2, 0) is 7.05 Å². The van der Waals surface area contributed by atoms with Crippen molar-refractivity contribution in [3.63, 3.8) is 0 Å². The van der Waals surface area contributed by atoms with Crippen molar-refractivity contribution < 1.29 is 4.57 Å². The maximum atomic E-state index is 3.56. The van der Waals surface area contributed by atoms with Gasteiger partial charge < -0.3 is 5.32 Å². The second-order valence-electron chi connectivity index (χ2n) is 6.35. The summed E-state index contributed by atoms with van der Waals surface area (Å²) in [6, 6.07) is 23.5. The van der Waals surface area contributed by atoms with Crippen molar-refractivity contribution >= 4 is 17.2 Å². The van der Waals surface area contributed by atoms with Crippen LogP contribution in [-0.4, -0.2) is 6.17 Å². The summed E-state index contributed by atoms with van der Waals surface area (Å²) in [6.07, 6.45) is 0.223. The van der Waals surface area contributed by atoms with Crippen LogP contribution in [0.1, 0.15) is 12.5 Å². The van der Waals surface area contributed by atoms with Gasteiger partial charge >= 0.3 is 0 Å². The first-order chi connectivity index (χ1) is 11.7. The molecule has 0 saturated heterocycles. The van der Waals surface area contributed by atoms with E-state index in [1.165, 1.54) is 34.0 Å². The number of aromatic nitrogens is 1. The lowest BCUT2D eigenvalue weighted by molar-refractivity contribution is -0.647. The Morgan fingerprint density at radius 2 is 1.67 bits per heavy atom. The van der Waals surface area contributed by atoms with Gasteiger partial charge in [-0.05, 0) is 43.7 Å². The quantitative estimate of drug-likeness (QED) is 0.707. The molecular formula is C21H22N3+. The fraction of sp³-hybridized carbons (Fsp3) is 0.190. The van der Waals surface area contributed by atoms with Gasteiger partial charge in [-0.3, -0.25) is 0 Å². The van der Waals surface area contributed by atoms with E-state index in [0.29, 0.717) is 0 Å². The second kappa shape index (κ2) is 5.68. The lowest BCUT2D eigenvalue weighted by atomic mass is 10.0. The summed E-state index contributed by atoms with van der Waals surface area (Å²) in [6.45, 7) is 4.36. The Morgan fingerprint density at radius 3 is 2.50 bits per heavy atom. The molecule has 1 aliphatic heterocycles. The molecule has 2 aromatic carbocycles. The first-order valence-electron chi connectivity index (χ1n) is 8.36. The molecule has 3 nitrogen and oxygen atoms in total. The maximum Gasteiger partial charge on any atom is 0.283 e. The van der Waals surface area contributed by atoms with Crippen LogP contribution in [0, 0.1) is 6.92 Å². The Kier molecular flexibility index (Phi) is 3.49. The van der Waals surface area contributed by atoms with Crippen molar-refractivity contribution in [2.45, 2.75) is 20.0 Å². The van der Waals surface area contributed by atoms with Crippen LogP contribution in [0.2, 0.25) is 0 Å². The molecule has 1 aromatic heterocycles. The van der Waals surface area contributed by atoms with Crippen molar-refractivity contribution in [2.75, 3.05) is 10.2 Å². The zero-order valence-electron chi connectivity index (χ0n) is 14.3. The highest BCUT2D eigenvalue weighted by molar-refractivity contribution is 5.80. The van der Waals surface area contributed by atoms with Gasteiger partial charge in [0, 0.05) is 11.6 Å². The smallest absolute Gasteiger partial charge is 0.283 e. The fourth-order valence-electron chi connectivity index (χ4n) is 3.57. The molecule has 3 aromatic rings. The van der Waals surface area contributed by atoms with E-state index in [9.17, 15) is 0 Å². The van der Waals surface area contributed by atoms with E-state index in [4.69, 9.17) is 0 Å². The molecule has 120 valence electrons. The van der Waals surface area contributed by atoms with Crippen LogP contribution in [0.3, 0.4) is 0 Å². The summed E-state index contributed by atoms with van der Waals surface area (Å²) in [5, 5.41) is 3.56. The third-order valence-corrected chi connectivity index (χ3v) is 4.79. The standard InChI is InChI=1S/C21H22N3/c1-15-9-4-5-10-17(15)19-13-8-14-21(23(19)3)24-16(2)22-18-11-6-7-12-20(18)24/h4-14,16,22H,1-3H3/q+1/t16-/m1/s1. The molecule has 1 aliphatic rings. The molecular weight excluding hydrogens is 294 g/mol. The molecule has 1 atom stereocenters. The molecule has 0 radical (unpaired) electrons. The third kappa shape index (κ3) is 2.24. The number of nitrogens with one attached hydrogen (secondary N) is 1. The molecule has 24 heavy (non-hydrogen) atoms. The minimum atomic E-state index is 0.223. The SMILES string of the molecule is Cc1ccccc1-c1cccc(N2c3ccccc3N[C@H]2C)[n+]1C. The number of aryl methyl sites for hydroxylation is 1. The number of anilines is 3. The highest BCUT2D eigenvalue weighted by Gasteiger charge is 2.35. The number of hydrogen-bond donors (Lipinski definition) is 1. The highest BCUT2D eigenvalue weighted by Crippen LogP contribution is 2.38. The summed E-state index contributed by atoms with van der Waals surface area (Å²) in [5.74, 6) is 1.18. The van der Waals surface area contributed by atoms with E-state index in [1.807, 2.05) is 0 Å². The van der Waals surface area contributed by atoms with Crippen LogP contribution in [0.15, 0.2) is 66.7 Å². The van der Waals surface area contributed by atoms with Crippen molar-refractivity contribution in [2.24, 2.45) is 7.05 Å². The topological polar surface area (TPSA) is 19.1 Å². The van der Waals surface area contributed by atoms with Crippen LogP contribution < -0.4 is 14.8 Å². The molecule has 0 aliphatic carbocycles. The Balaban J connectivity index is 1.87. The molecule has 0 spiro atoms. The zero-order chi connectivity index (χ0) is 16.7. The number of rotatable bonds is 2. The maximum absolute atomic E-state index is 3.56. The zero-order valence-corrected chi connectivity index (χ0v) is 14.3. The minimum Gasteiger partial charge on any atom is -0.344 e. The van der Waals surface area contributed by atoms with Crippen molar-refractivity contribution in [3.8, 4) is 11.3 Å². The molecule has 0 saturated carbocycles. The van der Waals surface area contributed by atoms with Crippen molar-refractivity contribution in [1.29, 1.82) is 0 Å². The fourth-order valence-corrected chi connectivity index (χ4v) is 3.57. The van der Waals surface area contributed by atoms with Gasteiger partial charge in [0.05, 0.1) is 12.7 Å². The van der Waals surface area contributed by atoms with Crippen molar-refractivity contribution in [3.05, 3.63) is 72.3 Å². The number of pyridine rings is 1. The molecule has 0 bridgehead atoms.